The van der Waals surface area contributed by atoms with Gasteiger partial charge in [0.15, 0.2) is 5.13 Å². The molecule has 1 saturated heterocycles. The van der Waals surface area contributed by atoms with Crippen LogP contribution >= 0.6 is 22.7 Å². The van der Waals surface area contributed by atoms with E-state index in [1.54, 1.807) is 50.2 Å². The van der Waals surface area contributed by atoms with Crippen molar-refractivity contribution in [3.8, 4) is 5.75 Å². The summed E-state index contributed by atoms with van der Waals surface area (Å²) in [6, 6.07) is 9.33. The minimum Gasteiger partial charge on any atom is -0.507 e. The third kappa shape index (κ3) is 4.22. The van der Waals surface area contributed by atoms with Crippen molar-refractivity contribution in [2.75, 3.05) is 18.1 Å². The maximum atomic E-state index is 13.2. The number of hydrogen-bond donors (Lipinski definition) is 1. The van der Waals surface area contributed by atoms with Crippen molar-refractivity contribution in [1.29, 1.82) is 0 Å². The zero-order valence-electron chi connectivity index (χ0n) is 18.7. The highest BCUT2D eigenvalue weighted by atomic mass is 32.1. The van der Waals surface area contributed by atoms with E-state index >= 15 is 0 Å². The van der Waals surface area contributed by atoms with Crippen LogP contribution in [0.5, 0.6) is 5.75 Å². The van der Waals surface area contributed by atoms with E-state index in [-0.39, 0.29) is 27.9 Å². The molecule has 10 heteroatoms. The van der Waals surface area contributed by atoms with E-state index in [0.29, 0.717) is 28.5 Å². The first-order valence-electron chi connectivity index (χ1n) is 10.6. The first-order valence-corrected chi connectivity index (χ1v) is 12.3. The number of nitrogens with zero attached hydrogens (tertiary/aromatic N) is 2. The zero-order chi connectivity index (χ0) is 24.4. The van der Waals surface area contributed by atoms with Crippen LogP contribution < -0.4 is 9.64 Å². The Morgan fingerprint density at radius 3 is 2.50 bits per heavy atom. The number of aliphatic hydroxyl groups is 1. The third-order valence-electron chi connectivity index (χ3n) is 5.15. The molecule has 1 aromatic carbocycles. The van der Waals surface area contributed by atoms with E-state index in [4.69, 9.17) is 9.47 Å². The second kappa shape index (κ2) is 9.78. The molecule has 0 saturated carbocycles. The van der Waals surface area contributed by atoms with Crippen molar-refractivity contribution in [3.05, 3.63) is 68.4 Å². The number of thiazole rings is 1. The lowest BCUT2D eigenvalue weighted by atomic mass is 10.00. The maximum Gasteiger partial charge on any atom is 0.350 e. The summed E-state index contributed by atoms with van der Waals surface area (Å²) in [6.45, 7) is 5.90. The minimum absolute atomic E-state index is 0.0397. The molecule has 1 N–H and O–H groups in total. The van der Waals surface area contributed by atoms with Gasteiger partial charge in [0.05, 0.1) is 24.5 Å². The molecule has 0 radical (unpaired) electrons. The Hall–Kier alpha value is -3.50. The normalized spacial score (nSPS) is 17.3. The number of aliphatic hydroxyl groups excluding tert-OH is 1. The third-order valence-corrected chi connectivity index (χ3v) is 7.21. The van der Waals surface area contributed by atoms with Crippen LogP contribution in [0.3, 0.4) is 0 Å². The molecule has 0 aliphatic carbocycles. The number of aryl methyl sites for hydroxylation is 1. The number of carbonyl (C=O) groups excluding carboxylic acids is 3. The Labute approximate surface area is 204 Å². The monoisotopic (exact) mass is 498 g/mol. The molecule has 0 bridgehead atoms. The highest BCUT2D eigenvalue weighted by Gasteiger charge is 2.48. The van der Waals surface area contributed by atoms with Crippen LogP contribution in [0.25, 0.3) is 5.76 Å². The molecule has 1 atom stereocenters. The first-order chi connectivity index (χ1) is 16.4. The molecule has 1 aliphatic rings. The molecule has 3 aromatic rings. The number of rotatable bonds is 7. The molecule has 176 valence electrons. The van der Waals surface area contributed by atoms with Crippen LogP contribution in [0, 0.1) is 6.92 Å². The van der Waals surface area contributed by atoms with Gasteiger partial charge in [0, 0.05) is 10.4 Å². The SMILES string of the molecule is CCOC(=O)c1sc(N2C(=O)C(=O)C(=C(O)c3ccc(OCC)cc3)[C@@H]2c2cccs2)nc1C. The summed E-state index contributed by atoms with van der Waals surface area (Å²) >= 11 is 2.33. The van der Waals surface area contributed by atoms with Gasteiger partial charge in [0.25, 0.3) is 5.78 Å². The molecule has 0 unspecified atom stereocenters. The first kappa shape index (κ1) is 23.7. The highest BCUT2D eigenvalue weighted by molar-refractivity contribution is 7.18. The fourth-order valence-electron chi connectivity index (χ4n) is 3.65. The number of Topliss-reactive ketones (excluding diaryl/α,β-unsaturated/α-hetero) is 1. The molecule has 3 heterocycles. The number of aromatic nitrogens is 1. The van der Waals surface area contributed by atoms with Gasteiger partial charge in [-0.3, -0.25) is 14.5 Å². The number of ether oxygens (including phenoxy) is 2. The van der Waals surface area contributed by atoms with Gasteiger partial charge in [-0.25, -0.2) is 9.78 Å². The molecule has 1 amide bonds. The lowest BCUT2D eigenvalue weighted by molar-refractivity contribution is -0.132. The van der Waals surface area contributed by atoms with Gasteiger partial charge < -0.3 is 14.6 Å². The predicted molar refractivity (Wildman–Crippen MR) is 130 cm³/mol. The van der Waals surface area contributed by atoms with Crippen molar-refractivity contribution in [2.45, 2.75) is 26.8 Å². The summed E-state index contributed by atoms with van der Waals surface area (Å²) in [5.41, 5.74) is 0.740. The summed E-state index contributed by atoms with van der Waals surface area (Å²) in [5.74, 6) is -1.85. The van der Waals surface area contributed by atoms with Crippen molar-refractivity contribution in [2.24, 2.45) is 0 Å². The summed E-state index contributed by atoms with van der Waals surface area (Å²) in [4.78, 5) is 45.2. The summed E-state index contributed by atoms with van der Waals surface area (Å²) in [7, 11) is 0. The Morgan fingerprint density at radius 2 is 1.88 bits per heavy atom. The molecule has 0 spiro atoms. The molecule has 1 aliphatic heterocycles. The van der Waals surface area contributed by atoms with Gasteiger partial charge in [0.1, 0.15) is 22.4 Å². The second-order valence-electron chi connectivity index (χ2n) is 7.27. The number of amides is 1. The lowest BCUT2D eigenvalue weighted by Crippen LogP contribution is -2.29. The van der Waals surface area contributed by atoms with E-state index in [1.165, 1.54) is 16.2 Å². The molecule has 34 heavy (non-hydrogen) atoms. The van der Waals surface area contributed by atoms with Crippen LogP contribution in [-0.4, -0.2) is 41.0 Å². The Morgan fingerprint density at radius 1 is 1.15 bits per heavy atom. The average Bonchev–Trinajstić information content (AvgIpc) is 3.53. The van der Waals surface area contributed by atoms with Crippen LogP contribution in [0.4, 0.5) is 5.13 Å². The second-order valence-corrected chi connectivity index (χ2v) is 9.23. The fourth-order valence-corrected chi connectivity index (χ4v) is 5.46. The van der Waals surface area contributed by atoms with Crippen LogP contribution in [0.2, 0.25) is 0 Å². The van der Waals surface area contributed by atoms with E-state index < -0.39 is 23.7 Å². The molecular weight excluding hydrogens is 476 g/mol. The standard InChI is InChI=1S/C24H22N2O6S2/c1-4-31-15-10-8-14(9-11-15)19(27)17-18(16-7-6-12-33-16)26(22(29)20(17)28)24-25-13(3)21(34-24)23(30)32-5-2/h6-12,18,27H,4-5H2,1-3H3/t18-/m0/s1. The molecule has 8 nitrogen and oxygen atoms in total. The Balaban J connectivity index is 1.83. The van der Waals surface area contributed by atoms with E-state index in [2.05, 4.69) is 4.98 Å². The summed E-state index contributed by atoms with van der Waals surface area (Å²) < 4.78 is 10.5. The Kier molecular flexibility index (Phi) is 6.80. The van der Waals surface area contributed by atoms with Gasteiger partial charge >= 0.3 is 11.9 Å². The van der Waals surface area contributed by atoms with Gasteiger partial charge in [-0.15, -0.1) is 11.3 Å². The van der Waals surface area contributed by atoms with Crippen molar-refractivity contribution in [3.63, 3.8) is 0 Å². The average molecular weight is 499 g/mol. The van der Waals surface area contributed by atoms with Crippen LogP contribution in [-0.2, 0) is 14.3 Å². The molecular formula is C24H22N2O6S2. The maximum absolute atomic E-state index is 13.2. The molecule has 4 rings (SSSR count). The van der Waals surface area contributed by atoms with Gasteiger partial charge in [-0.1, -0.05) is 17.4 Å². The highest BCUT2D eigenvalue weighted by Crippen LogP contribution is 2.45. The number of esters is 1. The number of thiophene rings is 1. The van der Waals surface area contributed by atoms with E-state index in [0.717, 1.165) is 11.3 Å². The largest absolute Gasteiger partial charge is 0.507 e. The Bertz CT molecular complexity index is 1260. The van der Waals surface area contributed by atoms with Gasteiger partial charge in [-0.2, -0.15) is 0 Å². The predicted octanol–water partition coefficient (Wildman–Crippen LogP) is 4.71. The van der Waals surface area contributed by atoms with Crippen LogP contribution in [0.1, 0.15) is 45.7 Å². The summed E-state index contributed by atoms with van der Waals surface area (Å²) in [6.07, 6.45) is 0. The van der Waals surface area contributed by atoms with E-state index in [1.807, 2.05) is 12.3 Å². The number of benzene rings is 1. The zero-order valence-corrected chi connectivity index (χ0v) is 20.4. The minimum atomic E-state index is -0.882. The van der Waals surface area contributed by atoms with Gasteiger partial charge in [0.2, 0.25) is 0 Å². The van der Waals surface area contributed by atoms with Gasteiger partial charge in [-0.05, 0) is 56.5 Å². The number of ketones is 1. The van der Waals surface area contributed by atoms with Crippen molar-refractivity contribution >= 4 is 51.2 Å². The number of carbonyl (C=O) groups is 3. The lowest BCUT2D eigenvalue weighted by Gasteiger charge is -2.21. The van der Waals surface area contributed by atoms with E-state index in [9.17, 15) is 19.5 Å². The van der Waals surface area contributed by atoms with Crippen molar-refractivity contribution in [1.82, 2.24) is 4.98 Å². The number of anilines is 1. The molecule has 2 aromatic heterocycles. The van der Waals surface area contributed by atoms with Crippen LogP contribution in [0.15, 0.2) is 47.4 Å². The van der Waals surface area contributed by atoms with Crippen molar-refractivity contribution < 1.29 is 29.0 Å². The molecule has 1 fully saturated rings. The topological polar surface area (TPSA) is 106 Å². The fraction of sp³-hybridized carbons (Fsp3) is 0.250. The summed E-state index contributed by atoms with van der Waals surface area (Å²) in [5, 5.41) is 13.1. The quantitative estimate of drug-likeness (QED) is 0.218. The smallest absolute Gasteiger partial charge is 0.350 e. The number of hydrogen-bond acceptors (Lipinski definition) is 9.